The summed E-state index contributed by atoms with van der Waals surface area (Å²) in [6.07, 6.45) is 0.135. The van der Waals surface area contributed by atoms with E-state index >= 15 is 0 Å². The molecule has 1 fully saturated rings. The quantitative estimate of drug-likeness (QED) is 0.489. The molecule has 0 atom stereocenters. The zero-order chi connectivity index (χ0) is 12.7. The van der Waals surface area contributed by atoms with E-state index in [-0.39, 0.29) is 6.10 Å². The van der Waals surface area contributed by atoms with Gasteiger partial charge in [0.25, 0.3) is 0 Å². The molecule has 0 unspecified atom stereocenters. The fraction of sp³-hybridized carbons (Fsp3) is 0.818. The minimum Gasteiger partial charge on any atom is -0.377 e. The third-order valence-electron chi connectivity index (χ3n) is 2.44. The zero-order valence-electron chi connectivity index (χ0n) is 10.5. The Morgan fingerprint density at radius 3 is 2.59 bits per heavy atom. The molecule has 1 aliphatic heterocycles. The number of ether oxygens (including phenoxy) is 1. The molecule has 6 heteroatoms. The van der Waals surface area contributed by atoms with E-state index in [4.69, 9.17) is 4.74 Å². The molecular weight excluding hydrogens is 222 g/mol. The fourth-order valence-electron chi connectivity index (χ4n) is 1.55. The van der Waals surface area contributed by atoms with Gasteiger partial charge >= 0.3 is 11.8 Å². The predicted molar refractivity (Wildman–Crippen MR) is 63.5 cm³/mol. The number of nitrogens with one attached hydrogen (secondary N) is 2. The van der Waals surface area contributed by atoms with Crippen molar-refractivity contribution >= 4 is 11.8 Å². The standard InChI is InChI=1S/C11H21N3O3/c1-9(2)17-8-5-13-10(15)11(16)14-6-3-12-4-7-14/h9,12H,3-8H2,1-2H3,(H,13,15). The van der Waals surface area contributed by atoms with Crippen LogP contribution in [0.1, 0.15) is 13.8 Å². The van der Waals surface area contributed by atoms with Gasteiger partial charge in [0.05, 0.1) is 12.7 Å². The summed E-state index contributed by atoms with van der Waals surface area (Å²) in [5.74, 6) is -0.990. The monoisotopic (exact) mass is 243 g/mol. The van der Waals surface area contributed by atoms with Crippen molar-refractivity contribution in [2.45, 2.75) is 20.0 Å². The minimum atomic E-state index is -0.542. The Morgan fingerprint density at radius 2 is 2.00 bits per heavy atom. The van der Waals surface area contributed by atoms with Crippen LogP contribution >= 0.6 is 0 Å². The Hall–Kier alpha value is -1.14. The molecule has 0 spiro atoms. The summed E-state index contributed by atoms with van der Waals surface area (Å²) in [5.41, 5.74) is 0. The molecule has 98 valence electrons. The third kappa shape index (κ3) is 5.14. The maximum atomic E-state index is 11.7. The number of hydrogen-bond donors (Lipinski definition) is 2. The Bertz CT molecular complexity index is 263. The number of piperazine rings is 1. The van der Waals surface area contributed by atoms with Crippen LogP contribution in [0, 0.1) is 0 Å². The van der Waals surface area contributed by atoms with Crippen LogP contribution in [-0.2, 0) is 14.3 Å². The molecule has 6 nitrogen and oxygen atoms in total. The van der Waals surface area contributed by atoms with Gasteiger partial charge in [0.1, 0.15) is 0 Å². The van der Waals surface area contributed by atoms with Gasteiger partial charge in [0.2, 0.25) is 0 Å². The molecule has 0 radical (unpaired) electrons. The van der Waals surface area contributed by atoms with Crippen LogP contribution in [0.5, 0.6) is 0 Å². The van der Waals surface area contributed by atoms with Gasteiger partial charge in [-0.1, -0.05) is 0 Å². The summed E-state index contributed by atoms with van der Waals surface area (Å²) in [6, 6.07) is 0. The first-order valence-electron chi connectivity index (χ1n) is 6.00. The highest BCUT2D eigenvalue weighted by molar-refractivity contribution is 6.35. The van der Waals surface area contributed by atoms with Crippen molar-refractivity contribution < 1.29 is 14.3 Å². The van der Waals surface area contributed by atoms with Gasteiger partial charge < -0.3 is 20.3 Å². The first-order valence-corrected chi connectivity index (χ1v) is 6.00. The van der Waals surface area contributed by atoms with Crippen molar-refractivity contribution in [2.24, 2.45) is 0 Å². The third-order valence-corrected chi connectivity index (χ3v) is 2.44. The van der Waals surface area contributed by atoms with Gasteiger partial charge in [0.15, 0.2) is 0 Å². The molecule has 17 heavy (non-hydrogen) atoms. The number of carbonyl (C=O) groups is 2. The SMILES string of the molecule is CC(C)OCCNC(=O)C(=O)N1CCNCC1. The molecule has 0 aromatic heterocycles. The summed E-state index contributed by atoms with van der Waals surface area (Å²) in [4.78, 5) is 24.7. The van der Waals surface area contributed by atoms with Crippen LogP contribution in [0.3, 0.4) is 0 Å². The van der Waals surface area contributed by atoms with Crippen LogP contribution in [-0.4, -0.2) is 62.1 Å². The second kappa shape index (κ2) is 7.24. The maximum Gasteiger partial charge on any atom is 0.311 e. The smallest absolute Gasteiger partial charge is 0.311 e. The Morgan fingerprint density at radius 1 is 1.35 bits per heavy atom. The lowest BCUT2D eigenvalue weighted by Crippen LogP contribution is -2.51. The molecule has 2 amide bonds. The lowest BCUT2D eigenvalue weighted by molar-refractivity contribution is -0.146. The molecule has 1 aliphatic rings. The van der Waals surface area contributed by atoms with Gasteiger partial charge in [0, 0.05) is 32.7 Å². The topological polar surface area (TPSA) is 70.7 Å². The first kappa shape index (κ1) is 13.9. The van der Waals surface area contributed by atoms with E-state index in [9.17, 15) is 9.59 Å². The molecule has 0 aromatic carbocycles. The minimum absolute atomic E-state index is 0.135. The van der Waals surface area contributed by atoms with E-state index in [1.54, 1.807) is 4.90 Å². The second-order valence-electron chi connectivity index (χ2n) is 4.22. The van der Waals surface area contributed by atoms with Crippen molar-refractivity contribution in [2.75, 3.05) is 39.3 Å². The number of rotatable bonds is 4. The van der Waals surface area contributed by atoms with E-state index in [1.165, 1.54) is 0 Å². The van der Waals surface area contributed by atoms with E-state index in [2.05, 4.69) is 10.6 Å². The van der Waals surface area contributed by atoms with Gasteiger partial charge in [-0.15, -0.1) is 0 Å². The highest BCUT2D eigenvalue weighted by atomic mass is 16.5. The molecule has 0 saturated carbocycles. The summed E-state index contributed by atoms with van der Waals surface area (Å²) < 4.78 is 5.27. The molecule has 2 N–H and O–H groups in total. The molecule has 1 rings (SSSR count). The Kier molecular flexibility index (Phi) is 5.93. The van der Waals surface area contributed by atoms with Crippen LogP contribution in [0.2, 0.25) is 0 Å². The van der Waals surface area contributed by atoms with Crippen molar-refractivity contribution in [3.8, 4) is 0 Å². The second-order valence-corrected chi connectivity index (χ2v) is 4.22. The highest BCUT2D eigenvalue weighted by Crippen LogP contribution is 1.93. The van der Waals surface area contributed by atoms with Crippen molar-refractivity contribution in [3.05, 3.63) is 0 Å². The van der Waals surface area contributed by atoms with Crippen LogP contribution < -0.4 is 10.6 Å². The molecule has 0 aliphatic carbocycles. The Labute approximate surface area is 102 Å². The van der Waals surface area contributed by atoms with Crippen molar-refractivity contribution in [3.63, 3.8) is 0 Å². The van der Waals surface area contributed by atoms with Gasteiger partial charge in [-0.3, -0.25) is 9.59 Å². The normalized spacial score (nSPS) is 16.1. The van der Waals surface area contributed by atoms with Crippen molar-refractivity contribution in [1.29, 1.82) is 0 Å². The molecular formula is C11H21N3O3. The van der Waals surface area contributed by atoms with Gasteiger partial charge in [-0.25, -0.2) is 0 Å². The van der Waals surface area contributed by atoms with Crippen LogP contribution in [0.4, 0.5) is 0 Å². The highest BCUT2D eigenvalue weighted by Gasteiger charge is 2.22. The maximum absolute atomic E-state index is 11.7. The van der Waals surface area contributed by atoms with Gasteiger partial charge in [-0.05, 0) is 13.8 Å². The van der Waals surface area contributed by atoms with E-state index in [0.29, 0.717) is 26.2 Å². The van der Waals surface area contributed by atoms with E-state index in [0.717, 1.165) is 13.1 Å². The molecule has 0 aromatic rings. The summed E-state index contributed by atoms with van der Waals surface area (Å²) in [5, 5.41) is 5.69. The average Bonchev–Trinajstić information content (AvgIpc) is 2.34. The predicted octanol–water partition coefficient (Wildman–Crippen LogP) is -1.04. The number of hydrogen-bond acceptors (Lipinski definition) is 4. The number of amides is 2. The number of nitrogens with zero attached hydrogens (tertiary/aromatic N) is 1. The van der Waals surface area contributed by atoms with E-state index < -0.39 is 11.8 Å². The average molecular weight is 243 g/mol. The summed E-state index contributed by atoms with van der Waals surface area (Å²) in [7, 11) is 0. The fourth-order valence-corrected chi connectivity index (χ4v) is 1.55. The van der Waals surface area contributed by atoms with Crippen LogP contribution in [0.15, 0.2) is 0 Å². The lowest BCUT2D eigenvalue weighted by Gasteiger charge is -2.26. The van der Waals surface area contributed by atoms with Crippen molar-refractivity contribution in [1.82, 2.24) is 15.5 Å². The zero-order valence-corrected chi connectivity index (χ0v) is 10.5. The largest absolute Gasteiger partial charge is 0.377 e. The first-order chi connectivity index (χ1) is 8.11. The number of carbonyl (C=O) groups excluding carboxylic acids is 2. The Balaban J connectivity index is 2.19. The summed E-state index contributed by atoms with van der Waals surface area (Å²) >= 11 is 0. The van der Waals surface area contributed by atoms with Crippen LogP contribution in [0.25, 0.3) is 0 Å². The van der Waals surface area contributed by atoms with E-state index in [1.807, 2.05) is 13.8 Å². The molecule has 1 heterocycles. The molecule has 0 bridgehead atoms. The lowest BCUT2D eigenvalue weighted by atomic mass is 10.3. The van der Waals surface area contributed by atoms with Gasteiger partial charge in [-0.2, -0.15) is 0 Å². The summed E-state index contributed by atoms with van der Waals surface area (Å²) in [6.45, 7) is 7.32. The molecule has 1 saturated heterocycles.